The van der Waals surface area contributed by atoms with Crippen LogP contribution in [0.25, 0.3) is 0 Å². The molecule has 5 heteroatoms. The summed E-state index contributed by atoms with van der Waals surface area (Å²) in [5.74, 6) is -0.801. The lowest BCUT2D eigenvalue weighted by Gasteiger charge is -2.37. The number of likely N-dealkylation sites (tertiary alicyclic amines) is 1. The summed E-state index contributed by atoms with van der Waals surface area (Å²) < 4.78 is 0. The average molecular weight is 228 g/mol. The first kappa shape index (κ1) is 13.0. The van der Waals surface area contributed by atoms with Gasteiger partial charge in [-0.2, -0.15) is 0 Å². The normalized spacial score (nSPS) is 26.4. The van der Waals surface area contributed by atoms with Gasteiger partial charge in [-0.25, -0.2) is 0 Å². The van der Waals surface area contributed by atoms with E-state index in [1.165, 1.54) is 0 Å². The first-order valence-corrected chi connectivity index (χ1v) is 5.70. The first-order valence-electron chi connectivity index (χ1n) is 5.70. The van der Waals surface area contributed by atoms with Crippen molar-refractivity contribution in [2.45, 2.75) is 26.7 Å². The molecule has 1 unspecified atom stereocenters. The quantitative estimate of drug-likeness (QED) is 0.726. The molecule has 0 aromatic rings. The molecule has 1 atom stereocenters. The Balaban J connectivity index is 2.51. The lowest BCUT2D eigenvalue weighted by Crippen LogP contribution is -2.49. The van der Waals surface area contributed by atoms with Gasteiger partial charge in [0.2, 0.25) is 5.91 Å². The van der Waals surface area contributed by atoms with Crippen molar-refractivity contribution in [2.24, 2.45) is 5.41 Å². The summed E-state index contributed by atoms with van der Waals surface area (Å²) in [6, 6.07) is 0. The van der Waals surface area contributed by atoms with Crippen molar-refractivity contribution >= 4 is 11.9 Å². The summed E-state index contributed by atoms with van der Waals surface area (Å²) in [4.78, 5) is 24.4. The Kier molecular flexibility index (Phi) is 4.29. The molecule has 1 fully saturated rings. The monoisotopic (exact) mass is 228 g/mol. The molecule has 1 amide bonds. The van der Waals surface area contributed by atoms with Gasteiger partial charge in [0.1, 0.15) is 0 Å². The van der Waals surface area contributed by atoms with Crippen molar-refractivity contribution in [3.05, 3.63) is 0 Å². The SMILES string of the molecule is CCNC(=O)CN1CCCC(C)(C(=O)O)C1. The molecular formula is C11H20N2O3. The molecule has 1 rings (SSSR count). The van der Waals surface area contributed by atoms with Gasteiger partial charge < -0.3 is 10.4 Å². The van der Waals surface area contributed by atoms with E-state index in [1.54, 1.807) is 6.92 Å². The Labute approximate surface area is 95.8 Å². The highest BCUT2D eigenvalue weighted by molar-refractivity contribution is 5.78. The third-order valence-corrected chi connectivity index (χ3v) is 3.03. The Bertz CT molecular complexity index is 280. The van der Waals surface area contributed by atoms with E-state index in [0.29, 0.717) is 26.1 Å². The van der Waals surface area contributed by atoms with Gasteiger partial charge in [0.25, 0.3) is 0 Å². The zero-order chi connectivity index (χ0) is 12.2. The molecule has 16 heavy (non-hydrogen) atoms. The van der Waals surface area contributed by atoms with E-state index < -0.39 is 11.4 Å². The molecule has 0 aromatic heterocycles. The smallest absolute Gasteiger partial charge is 0.310 e. The maximum absolute atomic E-state index is 11.4. The second kappa shape index (κ2) is 5.30. The standard InChI is InChI=1S/C11H20N2O3/c1-3-12-9(14)7-13-6-4-5-11(2,8-13)10(15)16/h3-8H2,1-2H3,(H,12,14)(H,15,16). The minimum Gasteiger partial charge on any atom is -0.481 e. The van der Waals surface area contributed by atoms with Crippen molar-refractivity contribution in [3.8, 4) is 0 Å². The molecule has 5 nitrogen and oxygen atoms in total. The molecular weight excluding hydrogens is 208 g/mol. The third-order valence-electron chi connectivity index (χ3n) is 3.03. The van der Waals surface area contributed by atoms with Crippen molar-refractivity contribution < 1.29 is 14.7 Å². The molecule has 1 heterocycles. The van der Waals surface area contributed by atoms with E-state index >= 15 is 0 Å². The zero-order valence-electron chi connectivity index (χ0n) is 9.95. The van der Waals surface area contributed by atoms with Crippen LogP contribution in [0.4, 0.5) is 0 Å². The highest BCUT2D eigenvalue weighted by atomic mass is 16.4. The van der Waals surface area contributed by atoms with E-state index in [-0.39, 0.29) is 5.91 Å². The Hall–Kier alpha value is -1.10. The molecule has 0 aromatic carbocycles. The fourth-order valence-electron chi connectivity index (χ4n) is 2.11. The van der Waals surface area contributed by atoms with Crippen molar-refractivity contribution in [1.29, 1.82) is 0 Å². The van der Waals surface area contributed by atoms with Gasteiger partial charge in [0, 0.05) is 13.1 Å². The van der Waals surface area contributed by atoms with Gasteiger partial charge in [-0.1, -0.05) is 0 Å². The van der Waals surface area contributed by atoms with E-state index in [9.17, 15) is 9.59 Å². The van der Waals surface area contributed by atoms with Crippen LogP contribution in [0.15, 0.2) is 0 Å². The number of hydrogen-bond acceptors (Lipinski definition) is 3. The first-order chi connectivity index (χ1) is 7.48. The number of carboxylic acid groups (broad SMARTS) is 1. The summed E-state index contributed by atoms with van der Waals surface area (Å²) in [7, 11) is 0. The van der Waals surface area contributed by atoms with Crippen LogP contribution in [0.2, 0.25) is 0 Å². The van der Waals surface area contributed by atoms with E-state index in [1.807, 2.05) is 11.8 Å². The summed E-state index contributed by atoms with van der Waals surface area (Å²) in [6.45, 7) is 5.80. The van der Waals surface area contributed by atoms with Crippen LogP contribution in [0.1, 0.15) is 26.7 Å². The van der Waals surface area contributed by atoms with E-state index in [2.05, 4.69) is 5.32 Å². The Morgan fingerprint density at radius 1 is 1.50 bits per heavy atom. The highest BCUT2D eigenvalue weighted by Crippen LogP contribution is 2.29. The van der Waals surface area contributed by atoms with Crippen LogP contribution in [-0.2, 0) is 9.59 Å². The second-order valence-corrected chi connectivity index (χ2v) is 4.63. The molecule has 1 aliphatic heterocycles. The number of hydrogen-bond donors (Lipinski definition) is 2. The van der Waals surface area contributed by atoms with Gasteiger partial charge in [-0.05, 0) is 33.2 Å². The number of likely N-dealkylation sites (N-methyl/N-ethyl adjacent to an activating group) is 1. The lowest BCUT2D eigenvalue weighted by molar-refractivity contribution is -0.151. The van der Waals surface area contributed by atoms with E-state index in [4.69, 9.17) is 5.11 Å². The molecule has 0 bridgehead atoms. The third kappa shape index (κ3) is 3.20. The molecule has 0 aliphatic carbocycles. The zero-order valence-corrected chi connectivity index (χ0v) is 9.95. The molecule has 0 radical (unpaired) electrons. The van der Waals surface area contributed by atoms with Gasteiger partial charge >= 0.3 is 5.97 Å². The fraction of sp³-hybridized carbons (Fsp3) is 0.818. The number of carboxylic acids is 1. The number of rotatable bonds is 4. The van der Waals surface area contributed by atoms with E-state index in [0.717, 1.165) is 13.0 Å². The fourth-order valence-corrected chi connectivity index (χ4v) is 2.11. The molecule has 1 saturated heterocycles. The number of carbonyl (C=O) groups excluding carboxylic acids is 1. The summed E-state index contributed by atoms with van der Waals surface area (Å²) >= 11 is 0. The summed E-state index contributed by atoms with van der Waals surface area (Å²) in [5.41, 5.74) is -0.704. The number of carbonyl (C=O) groups is 2. The minimum atomic E-state index is -0.770. The predicted molar refractivity (Wildman–Crippen MR) is 60.1 cm³/mol. The van der Waals surface area contributed by atoms with Crippen LogP contribution < -0.4 is 5.32 Å². The van der Waals surface area contributed by atoms with Gasteiger partial charge in [-0.3, -0.25) is 14.5 Å². The van der Waals surface area contributed by atoms with Gasteiger partial charge in [0.15, 0.2) is 0 Å². The number of aliphatic carboxylic acids is 1. The second-order valence-electron chi connectivity index (χ2n) is 4.63. The van der Waals surface area contributed by atoms with Crippen LogP contribution in [0.5, 0.6) is 0 Å². The van der Waals surface area contributed by atoms with Crippen molar-refractivity contribution in [2.75, 3.05) is 26.2 Å². The number of amides is 1. The minimum absolute atomic E-state index is 0.0304. The maximum Gasteiger partial charge on any atom is 0.310 e. The van der Waals surface area contributed by atoms with Crippen LogP contribution in [0.3, 0.4) is 0 Å². The van der Waals surface area contributed by atoms with Gasteiger partial charge in [-0.15, -0.1) is 0 Å². The van der Waals surface area contributed by atoms with Crippen LogP contribution in [0, 0.1) is 5.41 Å². The average Bonchev–Trinajstić information content (AvgIpc) is 2.17. The Morgan fingerprint density at radius 2 is 2.19 bits per heavy atom. The lowest BCUT2D eigenvalue weighted by atomic mass is 9.82. The molecule has 0 spiro atoms. The van der Waals surface area contributed by atoms with Gasteiger partial charge in [0.05, 0.1) is 12.0 Å². The molecule has 92 valence electrons. The predicted octanol–water partition coefficient (Wildman–Crippen LogP) is 0.309. The largest absolute Gasteiger partial charge is 0.481 e. The highest BCUT2D eigenvalue weighted by Gasteiger charge is 2.38. The van der Waals surface area contributed by atoms with Crippen molar-refractivity contribution in [3.63, 3.8) is 0 Å². The maximum atomic E-state index is 11.4. The Morgan fingerprint density at radius 3 is 2.75 bits per heavy atom. The topological polar surface area (TPSA) is 69.6 Å². The number of piperidine rings is 1. The summed E-state index contributed by atoms with van der Waals surface area (Å²) in [5, 5.41) is 11.8. The summed E-state index contributed by atoms with van der Waals surface area (Å²) in [6.07, 6.45) is 1.52. The molecule has 1 aliphatic rings. The van der Waals surface area contributed by atoms with Crippen LogP contribution >= 0.6 is 0 Å². The molecule has 2 N–H and O–H groups in total. The number of nitrogens with zero attached hydrogens (tertiary/aromatic N) is 1. The number of nitrogens with one attached hydrogen (secondary N) is 1. The van der Waals surface area contributed by atoms with Crippen molar-refractivity contribution in [1.82, 2.24) is 10.2 Å². The molecule has 0 saturated carbocycles. The van der Waals surface area contributed by atoms with Crippen LogP contribution in [-0.4, -0.2) is 48.1 Å².